The van der Waals surface area contributed by atoms with Crippen molar-refractivity contribution < 1.29 is 55.9 Å². The van der Waals surface area contributed by atoms with Gasteiger partial charge in [0, 0.05) is 25.1 Å². The van der Waals surface area contributed by atoms with E-state index >= 15 is 0 Å². The van der Waals surface area contributed by atoms with Crippen LogP contribution in [0.1, 0.15) is 120 Å². The van der Waals surface area contributed by atoms with Gasteiger partial charge in [-0.1, -0.05) is 113 Å². The topological polar surface area (TPSA) is 279 Å². The molecule has 3 aromatic carbocycles. The number of hydrogen-bond acceptors (Lipinski definition) is 15. The molecule has 79 heavy (non-hydrogen) atoms. The summed E-state index contributed by atoms with van der Waals surface area (Å²) < 4.78 is 45.5. The number of aromatic nitrogens is 3. The maximum atomic E-state index is 14.5. The van der Waals surface area contributed by atoms with Crippen LogP contribution in [-0.2, 0) is 62.4 Å². The number of morpholine rings is 1. The number of carbonyl (C=O) groups excluding carboxylic acids is 6. The molecule has 1 saturated heterocycles. The monoisotopic (exact) mass is 1120 g/mol. The highest BCUT2D eigenvalue weighted by Crippen LogP contribution is 2.28. The summed E-state index contributed by atoms with van der Waals surface area (Å²) in [7, 11) is -3.61. The van der Waals surface area contributed by atoms with Crippen LogP contribution in [-0.4, -0.2) is 145 Å². The van der Waals surface area contributed by atoms with Crippen molar-refractivity contribution >= 4 is 45.4 Å². The Balaban J connectivity index is 1.31. The molecule has 1 aliphatic rings. The van der Waals surface area contributed by atoms with Gasteiger partial charge in [0.05, 0.1) is 51.7 Å². The van der Waals surface area contributed by atoms with E-state index in [0.29, 0.717) is 44.0 Å². The van der Waals surface area contributed by atoms with E-state index in [1.165, 1.54) is 19.2 Å². The van der Waals surface area contributed by atoms with Crippen LogP contribution < -0.4 is 31.3 Å². The normalized spacial score (nSPS) is 15.7. The third-order valence-electron chi connectivity index (χ3n) is 13.4. The quantitative estimate of drug-likeness (QED) is 0.0374. The van der Waals surface area contributed by atoms with Gasteiger partial charge in [-0.05, 0) is 87.1 Å². The molecule has 1 aliphatic heterocycles. The molecule has 2 heterocycles. The summed E-state index contributed by atoms with van der Waals surface area (Å²) in [4.78, 5) is 85.7. The SMILES string of the molecule is CCCCC(C)n1cc(CNC(=O)c2ccc(OC)c(S(=O)(=O)OCC(C)(O)C(=O)[C@H](CC(C)C)NC(=O)[C@H](Cc3ccccc3)NC(=O)[C@H](CC(C)C)NC(=O)[C@H](CCc3ccccc3)NC(=O)CN3CCOCC3)c2)nn1. The third kappa shape index (κ3) is 20.2. The first-order valence-electron chi connectivity index (χ1n) is 27.2. The number of methoxy groups -OCH3 is 1. The average Bonchev–Trinajstić information content (AvgIpc) is 3.97. The van der Waals surface area contributed by atoms with Crippen molar-refractivity contribution in [2.24, 2.45) is 11.8 Å². The summed E-state index contributed by atoms with van der Waals surface area (Å²) in [5, 5.41) is 34.0. The Hall–Kier alpha value is -6.59. The molecule has 6 atom stereocenters. The Morgan fingerprint density at radius 3 is 2.00 bits per heavy atom. The number of unbranched alkanes of at least 4 members (excludes halogenated alkanes) is 1. The first-order chi connectivity index (χ1) is 37.6. The van der Waals surface area contributed by atoms with Crippen LogP contribution in [0.4, 0.5) is 0 Å². The van der Waals surface area contributed by atoms with Crippen LogP contribution >= 0.6 is 0 Å². The van der Waals surface area contributed by atoms with E-state index < -0.39 is 80.8 Å². The van der Waals surface area contributed by atoms with Gasteiger partial charge >= 0.3 is 10.1 Å². The van der Waals surface area contributed by atoms with Crippen molar-refractivity contribution in [1.29, 1.82) is 0 Å². The number of nitrogens with one attached hydrogen (secondary N) is 5. The second-order valence-corrected chi connectivity index (χ2v) is 22.8. The number of carbonyl (C=O) groups is 6. The first-order valence-corrected chi connectivity index (χ1v) is 28.6. The van der Waals surface area contributed by atoms with Gasteiger partial charge in [-0.2, -0.15) is 8.42 Å². The fourth-order valence-corrected chi connectivity index (χ4v) is 10.1. The summed E-state index contributed by atoms with van der Waals surface area (Å²) in [5.41, 5.74) is -0.476. The summed E-state index contributed by atoms with van der Waals surface area (Å²) in [5.74, 6) is -4.56. The number of amides is 5. The number of hydrogen-bond donors (Lipinski definition) is 6. The number of nitrogens with zero attached hydrogens (tertiary/aromatic N) is 4. The van der Waals surface area contributed by atoms with Gasteiger partial charge in [0.15, 0.2) is 5.78 Å². The second kappa shape index (κ2) is 30.7. The van der Waals surface area contributed by atoms with E-state index in [9.17, 15) is 42.3 Å². The van der Waals surface area contributed by atoms with Crippen molar-refractivity contribution in [2.45, 2.75) is 147 Å². The van der Waals surface area contributed by atoms with E-state index in [4.69, 9.17) is 13.7 Å². The van der Waals surface area contributed by atoms with E-state index in [-0.39, 0.29) is 73.9 Å². The molecule has 0 aliphatic carbocycles. The van der Waals surface area contributed by atoms with Crippen LogP contribution in [0.15, 0.2) is 90.0 Å². The predicted molar refractivity (Wildman–Crippen MR) is 296 cm³/mol. The van der Waals surface area contributed by atoms with Gasteiger partial charge in [0.2, 0.25) is 23.6 Å². The minimum Gasteiger partial charge on any atom is -0.495 e. The Kier molecular flexibility index (Phi) is 24.6. The number of rotatable bonds is 32. The number of ether oxygens (including phenoxy) is 2. The van der Waals surface area contributed by atoms with Crippen LogP contribution in [0.5, 0.6) is 5.75 Å². The lowest BCUT2D eigenvalue weighted by Crippen LogP contribution is -2.60. The molecule has 432 valence electrons. The molecule has 0 radical (unpaired) electrons. The van der Waals surface area contributed by atoms with E-state index in [0.717, 1.165) is 37.8 Å². The van der Waals surface area contributed by atoms with Gasteiger partial charge in [-0.3, -0.25) is 37.9 Å². The number of benzene rings is 3. The van der Waals surface area contributed by atoms with Crippen molar-refractivity contribution in [3.63, 3.8) is 0 Å². The molecule has 5 amide bonds. The minimum absolute atomic E-state index is 0.00763. The Bertz CT molecular complexity index is 2730. The van der Waals surface area contributed by atoms with Crippen molar-refractivity contribution in [1.82, 2.24) is 46.5 Å². The van der Waals surface area contributed by atoms with E-state index in [1.54, 1.807) is 55.1 Å². The van der Waals surface area contributed by atoms with Crippen LogP contribution in [0, 0.1) is 11.8 Å². The average molecular weight is 1120 g/mol. The summed E-state index contributed by atoms with van der Waals surface area (Å²) in [6.07, 6.45) is 5.51. The van der Waals surface area contributed by atoms with Gasteiger partial charge in [-0.15, -0.1) is 5.10 Å². The van der Waals surface area contributed by atoms with E-state index in [2.05, 4.69) is 43.8 Å². The Morgan fingerprint density at radius 1 is 0.772 bits per heavy atom. The molecule has 0 spiro atoms. The Labute approximate surface area is 464 Å². The maximum absolute atomic E-state index is 14.5. The van der Waals surface area contributed by atoms with E-state index in [1.807, 2.05) is 56.0 Å². The molecule has 1 aromatic heterocycles. The molecule has 0 bridgehead atoms. The summed E-state index contributed by atoms with van der Waals surface area (Å²) >= 11 is 0. The first kappa shape index (κ1) is 63.2. The lowest BCUT2D eigenvalue weighted by atomic mass is 9.90. The van der Waals surface area contributed by atoms with Crippen LogP contribution in [0.2, 0.25) is 0 Å². The number of Topliss-reactive ketones (excluding diaryl/α,β-unsaturated/α-hetero) is 1. The van der Waals surface area contributed by atoms with Crippen molar-refractivity contribution in [3.8, 4) is 5.75 Å². The molecule has 21 nitrogen and oxygen atoms in total. The largest absolute Gasteiger partial charge is 0.495 e. The zero-order valence-electron chi connectivity index (χ0n) is 46.9. The predicted octanol–water partition coefficient (Wildman–Crippen LogP) is 4.23. The number of aryl methyl sites for hydroxylation is 1. The summed E-state index contributed by atoms with van der Waals surface area (Å²) in [6.45, 7) is 13.6. The molecular formula is C57H81N9O12S. The molecule has 0 saturated carbocycles. The zero-order valence-corrected chi connectivity index (χ0v) is 47.7. The molecular weight excluding hydrogens is 1030 g/mol. The summed E-state index contributed by atoms with van der Waals surface area (Å²) in [6, 6.07) is 17.2. The molecule has 22 heteroatoms. The lowest BCUT2D eigenvalue weighted by molar-refractivity contribution is -0.143. The molecule has 5 rings (SSSR count). The highest BCUT2D eigenvalue weighted by molar-refractivity contribution is 7.86. The third-order valence-corrected chi connectivity index (χ3v) is 14.7. The van der Waals surface area contributed by atoms with Gasteiger partial charge in [0.1, 0.15) is 46.7 Å². The standard InChI is InChI=1S/C57H81N9O12S/c1-9-10-17-40(6)66-35-44(63-64-66)34-58-53(69)43-23-25-49(76-8)50(33-43)79(74,75)78-37-57(7,73)52(68)46(30-38(2)3)60-56(72)48(32-42-20-15-12-16-21-42)62-55(71)47(31-39(4)5)61-54(70)45(24-22-41-18-13-11-14-19-41)59-51(67)36-65-26-28-77-29-27-65/h11-16,18-21,23,25,33,35,38-40,45-48,73H,9-10,17,22,24,26-32,34,36-37H2,1-8H3,(H,58,69)(H,59,67)(H,60,72)(H,61,70)(H,62,71)/t40?,45-,46-,47-,48-,57?/m0/s1. The van der Waals surface area contributed by atoms with Crippen LogP contribution in [0.3, 0.4) is 0 Å². The molecule has 4 aromatic rings. The van der Waals surface area contributed by atoms with Crippen molar-refractivity contribution in [2.75, 3.05) is 46.6 Å². The maximum Gasteiger partial charge on any atom is 0.300 e. The second-order valence-electron chi connectivity index (χ2n) is 21.2. The fourth-order valence-electron chi connectivity index (χ4n) is 8.94. The van der Waals surface area contributed by atoms with Crippen molar-refractivity contribution in [3.05, 3.63) is 107 Å². The highest BCUT2D eigenvalue weighted by atomic mass is 32.2. The number of ketones is 1. The smallest absolute Gasteiger partial charge is 0.300 e. The Morgan fingerprint density at radius 2 is 1.37 bits per heavy atom. The van der Waals surface area contributed by atoms with Gasteiger partial charge in [-0.25, -0.2) is 4.68 Å². The van der Waals surface area contributed by atoms with Gasteiger partial charge in [0.25, 0.3) is 5.91 Å². The number of aliphatic hydroxyl groups is 1. The molecule has 6 N–H and O–H groups in total. The lowest BCUT2D eigenvalue weighted by Gasteiger charge is -2.30. The highest BCUT2D eigenvalue weighted by Gasteiger charge is 2.41. The van der Waals surface area contributed by atoms with Gasteiger partial charge < -0.3 is 41.2 Å². The minimum atomic E-state index is -4.83. The zero-order chi connectivity index (χ0) is 57.7. The molecule has 2 unspecified atom stereocenters. The fraction of sp³-hybridized carbons (Fsp3) is 0.544. The van der Waals surface area contributed by atoms with Crippen LogP contribution in [0.25, 0.3) is 0 Å². The molecule has 1 fully saturated rings.